The minimum absolute atomic E-state index is 0.854. The minimum atomic E-state index is 0.854. The van der Waals surface area contributed by atoms with E-state index in [-0.39, 0.29) is 0 Å². The van der Waals surface area contributed by atoms with Crippen molar-refractivity contribution in [1.82, 2.24) is 19.9 Å². The number of hydrogen-bond donors (Lipinski definition) is 0. The van der Waals surface area contributed by atoms with Crippen LogP contribution in [0.2, 0.25) is 0 Å². The topological polar surface area (TPSA) is 43.2 Å². The van der Waals surface area contributed by atoms with Gasteiger partial charge in [-0.1, -0.05) is 0 Å². The molecule has 5 heteroatoms. The van der Waals surface area contributed by atoms with Crippen LogP contribution in [-0.4, -0.2) is 52.7 Å². The first kappa shape index (κ1) is 8.65. The Bertz CT molecular complexity index is 230. The zero-order valence-electron chi connectivity index (χ0n) is 7.59. The van der Waals surface area contributed by atoms with Crippen molar-refractivity contribution in [2.75, 3.05) is 32.8 Å². The van der Waals surface area contributed by atoms with Gasteiger partial charge in [0.1, 0.15) is 0 Å². The van der Waals surface area contributed by atoms with Crippen LogP contribution in [0.5, 0.6) is 0 Å². The fourth-order valence-electron chi connectivity index (χ4n) is 1.41. The van der Waals surface area contributed by atoms with Gasteiger partial charge in [0, 0.05) is 19.6 Å². The van der Waals surface area contributed by atoms with Crippen molar-refractivity contribution in [2.24, 2.45) is 0 Å². The molecule has 0 unspecified atom stereocenters. The summed E-state index contributed by atoms with van der Waals surface area (Å²) >= 11 is 0. The molecular weight excluding hydrogens is 168 g/mol. The summed E-state index contributed by atoms with van der Waals surface area (Å²) in [5.74, 6) is 0. The first-order chi connectivity index (χ1) is 6.45. The lowest BCUT2D eigenvalue weighted by molar-refractivity contribution is 0.0354. The van der Waals surface area contributed by atoms with Crippen LogP contribution < -0.4 is 0 Å². The number of ether oxygens (including phenoxy) is 1. The molecule has 0 radical (unpaired) electrons. The van der Waals surface area contributed by atoms with Crippen molar-refractivity contribution in [3.05, 3.63) is 12.4 Å². The number of hydrogen-bond acceptors (Lipinski definition) is 4. The molecule has 0 spiro atoms. The highest BCUT2D eigenvalue weighted by atomic mass is 16.5. The molecular formula is C8H14N4O. The van der Waals surface area contributed by atoms with Crippen molar-refractivity contribution in [1.29, 1.82) is 0 Å². The van der Waals surface area contributed by atoms with Crippen LogP contribution in [-0.2, 0) is 11.3 Å². The number of rotatable bonds is 3. The van der Waals surface area contributed by atoms with Crippen LogP contribution in [0.1, 0.15) is 0 Å². The molecule has 0 amide bonds. The van der Waals surface area contributed by atoms with Crippen molar-refractivity contribution in [2.45, 2.75) is 6.54 Å². The zero-order valence-corrected chi connectivity index (χ0v) is 7.59. The predicted molar refractivity (Wildman–Crippen MR) is 47.3 cm³/mol. The van der Waals surface area contributed by atoms with Gasteiger partial charge in [0.25, 0.3) is 0 Å². The molecule has 72 valence electrons. The van der Waals surface area contributed by atoms with E-state index in [0.29, 0.717) is 0 Å². The summed E-state index contributed by atoms with van der Waals surface area (Å²) in [6.45, 7) is 5.65. The molecule has 1 aromatic rings. The molecule has 1 aliphatic heterocycles. The van der Waals surface area contributed by atoms with Crippen molar-refractivity contribution in [3.8, 4) is 0 Å². The summed E-state index contributed by atoms with van der Waals surface area (Å²) in [5, 5.41) is 8.10. The van der Waals surface area contributed by atoms with Gasteiger partial charge in [-0.2, -0.15) is 15.0 Å². The average molecular weight is 182 g/mol. The molecule has 2 heterocycles. The van der Waals surface area contributed by atoms with Crippen LogP contribution in [0, 0.1) is 0 Å². The molecule has 1 aliphatic rings. The Morgan fingerprint density at radius 2 is 1.77 bits per heavy atom. The van der Waals surface area contributed by atoms with E-state index in [9.17, 15) is 0 Å². The van der Waals surface area contributed by atoms with E-state index in [1.54, 1.807) is 17.2 Å². The lowest BCUT2D eigenvalue weighted by atomic mass is 10.4. The summed E-state index contributed by atoms with van der Waals surface area (Å²) in [6, 6.07) is 0. The van der Waals surface area contributed by atoms with Gasteiger partial charge < -0.3 is 4.74 Å². The summed E-state index contributed by atoms with van der Waals surface area (Å²) in [7, 11) is 0. The largest absolute Gasteiger partial charge is 0.379 e. The van der Waals surface area contributed by atoms with E-state index in [1.807, 2.05) is 0 Å². The van der Waals surface area contributed by atoms with Gasteiger partial charge in [0.2, 0.25) is 0 Å². The molecule has 0 N–H and O–H groups in total. The van der Waals surface area contributed by atoms with Gasteiger partial charge in [0.05, 0.1) is 32.2 Å². The normalized spacial score (nSPS) is 19.1. The third-order valence-electron chi connectivity index (χ3n) is 2.19. The molecule has 0 aliphatic carbocycles. The van der Waals surface area contributed by atoms with Crippen LogP contribution >= 0.6 is 0 Å². The summed E-state index contributed by atoms with van der Waals surface area (Å²) in [5.41, 5.74) is 0. The van der Waals surface area contributed by atoms with Gasteiger partial charge in [0.15, 0.2) is 0 Å². The highest BCUT2D eigenvalue weighted by molar-refractivity contribution is 4.63. The summed E-state index contributed by atoms with van der Waals surface area (Å²) < 4.78 is 5.26. The Kier molecular flexibility index (Phi) is 2.89. The maximum absolute atomic E-state index is 5.26. The van der Waals surface area contributed by atoms with E-state index in [2.05, 4.69) is 15.1 Å². The molecule has 1 aromatic heterocycles. The van der Waals surface area contributed by atoms with Crippen LogP contribution in [0.4, 0.5) is 0 Å². The Morgan fingerprint density at radius 1 is 1.08 bits per heavy atom. The Morgan fingerprint density at radius 3 is 2.46 bits per heavy atom. The molecule has 13 heavy (non-hydrogen) atoms. The number of morpholine rings is 1. The molecule has 0 saturated carbocycles. The number of aromatic nitrogens is 3. The first-order valence-electron chi connectivity index (χ1n) is 4.59. The molecule has 0 atom stereocenters. The lowest BCUT2D eigenvalue weighted by Crippen LogP contribution is -2.38. The summed E-state index contributed by atoms with van der Waals surface area (Å²) in [4.78, 5) is 4.09. The van der Waals surface area contributed by atoms with Gasteiger partial charge in [-0.05, 0) is 0 Å². The van der Waals surface area contributed by atoms with Crippen LogP contribution in [0.25, 0.3) is 0 Å². The monoisotopic (exact) mass is 182 g/mol. The van der Waals surface area contributed by atoms with Crippen molar-refractivity contribution >= 4 is 0 Å². The van der Waals surface area contributed by atoms with E-state index in [0.717, 1.165) is 39.4 Å². The third-order valence-corrected chi connectivity index (χ3v) is 2.19. The summed E-state index contributed by atoms with van der Waals surface area (Å²) in [6.07, 6.45) is 3.42. The number of nitrogens with zero attached hydrogens (tertiary/aromatic N) is 4. The van der Waals surface area contributed by atoms with Crippen molar-refractivity contribution in [3.63, 3.8) is 0 Å². The highest BCUT2D eigenvalue weighted by Crippen LogP contribution is 1.96. The standard InChI is InChI=1S/C8H14N4O/c1-2-10-12(9-1)4-3-11-5-7-13-8-6-11/h1-2H,3-8H2. The average Bonchev–Trinajstić information content (AvgIpc) is 2.69. The molecule has 1 saturated heterocycles. The maximum atomic E-state index is 5.26. The van der Waals surface area contributed by atoms with Gasteiger partial charge in [-0.25, -0.2) is 0 Å². The quantitative estimate of drug-likeness (QED) is 0.638. The van der Waals surface area contributed by atoms with Gasteiger partial charge >= 0.3 is 0 Å². The fraction of sp³-hybridized carbons (Fsp3) is 0.750. The lowest BCUT2D eigenvalue weighted by Gasteiger charge is -2.25. The zero-order chi connectivity index (χ0) is 8.93. The van der Waals surface area contributed by atoms with Crippen molar-refractivity contribution < 1.29 is 4.74 Å². The SMILES string of the molecule is c1cnn(CCN2CCOCC2)n1. The maximum Gasteiger partial charge on any atom is 0.0734 e. The minimum Gasteiger partial charge on any atom is -0.379 e. The second-order valence-corrected chi connectivity index (χ2v) is 3.08. The molecule has 2 rings (SSSR count). The second kappa shape index (κ2) is 4.34. The van der Waals surface area contributed by atoms with E-state index < -0.39 is 0 Å². The Hall–Kier alpha value is -0.940. The predicted octanol–water partition coefficient (Wildman–Crippen LogP) is -0.390. The fourth-order valence-corrected chi connectivity index (χ4v) is 1.41. The van der Waals surface area contributed by atoms with E-state index in [4.69, 9.17) is 4.74 Å². The van der Waals surface area contributed by atoms with Crippen LogP contribution in [0.15, 0.2) is 12.4 Å². The van der Waals surface area contributed by atoms with Crippen LogP contribution in [0.3, 0.4) is 0 Å². The first-order valence-corrected chi connectivity index (χ1v) is 4.59. The Balaban J connectivity index is 1.72. The third kappa shape index (κ3) is 2.50. The second-order valence-electron chi connectivity index (χ2n) is 3.08. The highest BCUT2D eigenvalue weighted by Gasteiger charge is 2.09. The smallest absolute Gasteiger partial charge is 0.0734 e. The van der Waals surface area contributed by atoms with Gasteiger partial charge in [-0.15, -0.1) is 0 Å². The van der Waals surface area contributed by atoms with Gasteiger partial charge in [-0.3, -0.25) is 4.90 Å². The molecule has 5 nitrogen and oxygen atoms in total. The van der Waals surface area contributed by atoms with E-state index in [1.165, 1.54) is 0 Å². The molecule has 0 bridgehead atoms. The van der Waals surface area contributed by atoms with E-state index >= 15 is 0 Å². The Labute approximate surface area is 77.3 Å². The molecule has 0 aromatic carbocycles. The molecule has 1 fully saturated rings.